The molecule has 3 rings (SSSR count). The number of ketones is 1. The van der Waals surface area contributed by atoms with Gasteiger partial charge in [0.1, 0.15) is 17.3 Å². The normalized spacial score (nSPS) is 17.9. The molecule has 1 saturated heterocycles. The third-order valence-corrected chi connectivity index (χ3v) is 5.87. The van der Waals surface area contributed by atoms with Gasteiger partial charge in [0.25, 0.3) is 11.7 Å². The number of benzene rings is 2. The number of nitrogens with one attached hydrogen (secondary N) is 1. The van der Waals surface area contributed by atoms with Gasteiger partial charge < -0.3 is 19.6 Å². The van der Waals surface area contributed by atoms with Gasteiger partial charge in [-0.15, -0.1) is 0 Å². The third kappa shape index (κ3) is 4.83. The molecule has 1 fully saturated rings. The molecular weight excluding hydrogens is 411 g/mol. The van der Waals surface area contributed by atoms with E-state index in [0.29, 0.717) is 36.6 Å². The topological polar surface area (TPSA) is 71.3 Å². The number of carbonyl (C=O) groups is 2. The maximum absolute atomic E-state index is 13.6. The minimum Gasteiger partial charge on any atom is -0.507 e. The Labute approximate surface area is 187 Å². The van der Waals surface area contributed by atoms with Crippen LogP contribution in [0, 0.1) is 5.82 Å². The highest BCUT2D eigenvalue weighted by atomic mass is 19.1. The van der Waals surface area contributed by atoms with E-state index in [1.54, 1.807) is 36.4 Å². The van der Waals surface area contributed by atoms with E-state index in [4.69, 9.17) is 4.74 Å². The van der Waals surface area contributed by atoms with Crippen LogP contribution in [-0.2, 0) is 9.59 Å². The van der Waals surface area contributed by atoms with Crippen LogP contribution in [0.1, 0.15) is 37.9 Å². The van der Waals surface area contributed by atoms with Crippen LogP contribution in [0.4, 0.5) is 4.39 Å². The standard InChI is InChI=1S/C25H29FN2O4/c1-4-27(5-2)15-16-28-22(17-7-11-19(26)12-8-17)21(24(30)25(28)31)23(29)18-9-13-20(14-10-18)32-6-3/h7-14,22,29H,4-6,15-16H2,1-3H3/p+1/t22-/m1/s1. The van der Waals surface area contributed by atoms with E-state index in [0.717, 1.165) is 13.1 Å². The predicted octanol–water partition coefficient (Wildman–Crippen LogP) is 2.57. The number of Topliss-reactive ketones (excluding diaryl/α,β-unsaturated/α-hetero) is 1. The molecule has 1 amide bonds. The van der Waals surface area contributed by atoms with Gasteiger partial charge in [-0.25, -0.2) is 4.39 Å². The summed E-state index contributed by atoms with van der Waals surface area (Å²) in [5.41, 5.74) is 1.00. The Bertz CT molecular complexity index is 982. The first-order chi connectivity index (χ1) is 15.4. The van der Waals surface area contributed by atoms with E-state index in [1.807, 2.05) is 6.92 Å². The fourth-order valence-electron chi connectivity index (χ4n) is 4.02. The monoisotopic (exact) mass is 441 g/mol. The van der Waals surface area contributed by atoms with Crippen molar-refractivity contribution in [1.29, 1.82) is 0 Å². The van der Waals surface area contributed by atoms with Crippen molar-refractivity contribution in [2.24, 2.45) is 0 Å². The number of rotatable bonds is 9. The van der Waals surface area contributed by atoms with Gasteiger partial charge in [-0.05, 0) is 62.7 Å². The molecule has 0 spiro atoms. The Kier molecular flexibility index (Phi) is 7.64. The van der Waals surface area contributed by atoms with Crippen LogP contribution < -0.4 is 9.64 Å². The number of quaternary nitrogens is 1. The zero-order valence-corrected chi connectivity index (χ0v) is 18.7. The molecule has 2 N–H and O–H groups in total. The van der Waals surface area contributed by atoms with Gasteiger partial charge >= 0.3 is 0 Å². The van der Waals surface area contributed by atoms with Crippen molar-refractivity contribution in [3.63, 3.8) is 0 Å². The summed E-state index contributed by atoms with van der Waals surface area (Å²) in [6, 6.07) is 11.6. The fraction of sp³-hybridized carbons (Fsp3) is 0.360. The number of aliphatic hydroxyl groups excluding tert-OH is 1. The number of likely N-dealkylation sites (tertiary alicyclic amines) is 1. The van der Waals surface area contributed by atoms with Gasteiger partial charge in [0, 0.05) is 5.56 Å². The lowest BCUT2D eigenvalue weighted by atomic mass is 9.95. The molecule has 0 aliphatic carbocycles. The highest BCUT2D eigenvalue weighted by molar-refractivity contribution is 6.46. The van der Waals surface area contributed by atoms with Gasteiger partial charge in [0.2, 0.25) is 0 Å². The van der Waals surface area contributed by atoms with Gasteiger partial charge in [0.05, 0.1) is 44.4 Å². The third-order valence-electron chi connectivity index (χ3n) is 5.87. The van der Waals surface area contributed by atoms with Crippen molar-refractivity contribution in [2.45, 2.75) is 26.8 Å². The molecule has 170 valence electrons. The molecule has 7 heteroatoms. The summed E-state index contributed by atoms with van der Waals surface area (Å²) in [6.07, 6.45) is 0. The number of ether oxygens (including phenoxy) is 1. The summed E-state index contributed by atoms with van der Waals surface area (Å²) < 4.78 is 19.0. The summed E-state index contributed by atoms with van der Waals surface area (Å²) in [5, 5.41) is 11.1. The highest BCUT2D eigenvalue weighted by Crippen LogP contribution is 2.39. The number of nitrogens with zero attached hydrogens (tertiary/aromatic N) is 1. The minimum atomic E-state index is -0.780. The maximum Gasteiger partial charge on any atom is 0.295 e. The van der Waals surface area contributed by atoms with Crippen molar-refractivity contribution in [3.05, 3.63) is 71.0 Å². The van der Waals surface area contributed by atoms with Crippen molar-refractivity contribution in [2.75, 3.05) is 32.8 Å². The molecule has 1 aliphatic rings. The predicted molar refractivity (Wildman–Crippen MR) is 120 cm³/mol. The first-order valence-corrected chi connectivity index (χ1v) is 11.0. The van der Waals surface area contributed by atoms with Crippen molar-refractivity contribution >= 4 is 17.4 Å². The minimum absolute atomic E-state index is 0.0142. The number of hydrogen-bond acceptors (Lipinski definition) is 4. The summed E-state index contributed by atoms with van der Waals surface area (Å²) in [6.45, 7) is 9.33. The number of halogens is 1. The van der Waals surface area contributed by atoms with Crippen molar-refractivity contribution in [1.82, 2.24) is 4.90 Å². The van der Waals surface area contributed by atoms with Gasteiger partial charge in [-0.2, -0.15) is 0 Å². The van der Waals surface area contributed by atoms with E-state index >= 15 is 0 Å². The molecule has 1 heterocycles. The quantitative estimate of drug-likeness (QED) is 0.357. The first kappa shape index (κ1) is 23.5. The lowest BCUT2D eigenvalue weighted by molar-refractivity contribution is -0.895. The number of aliphatic hydroxyl groups is 1. The lowest BCUT2D eigenvalue weighted by Crippen LogP contribution is -3.12. The van der Waals surface area contributed by atoms with Crippen LogP contribution in [0.15, 0.2) is 54.1 Å². The Morgan fingerprint density at radius 3 is 2.22 bits per heavy atom. The zero-order valence-electron chi connectivity index (χ0n) is 18.7. The van der Waals surface area contributed by atoms with Crippen molar-refractivity contribution < 1.29 is 28.7 Å². The summed E-state index contributed by atoms with van der Waals surface area (Å²) in [4.78, 5) is 28.8. The molecular formula is C25H30FN2O4+. The molecule has 0 saturated carbocycles. The highest BCUT2D eigenvalue weighted by Gasteiger charge is 2.46. The van der Waals surface area contributed by atoms with Gasteiger partial charge in [-0.1, -0.05) is 12.1 Å². The van der Waals surface area contributed by atoms with Gasteiger partial charge in [-0.3, -0.25) is 9.59 Å². The lowest BCUT2D eigenvalue weighted by Gasteiger charge is -2.27. The second-order valence-corrected chi connectivity index (χ2v) is 7.71. The summed E-state index contributed by atoms with van der Waals surface area (Å²) in [7, 11) is 0. The summed E-state index contributed by atoms with van der Waals surface area (Å²) in [5.74, 6) is -1.41. The Balaban J connectivity index is 2.05. The molecule has 1 atom stereocenters. The first-order valence-electron chi connectivity index (χ1n) is 11.0. The Morgan fingerprint density at radius 1 is 1.03 bits per heavy atom. The second kappa shape index (κ2) is 10.4. The molecule has 32 heavy (non-hydrogen) atoms. The largest absolute Gasteiger partial charge is 0.507 e. The van der Waals surface area contributed by atoms with Crippen molar-refractivity contribution in [3.8, 4) is 5.75 Å². The molecule has 2 aromatic carbocycles. The van der Waals surface area contributed by atoms with Crippen LogP contribution >= 0.6 is 0 Å². The molecule has 6 nitrogen and oxygen atoms in total. The Morgan fingerprint density at radius 2 is 1.66 bits per heavy atom. The SMILES string of the molecule is CCOc1ccc(C(O)=C2C(=O)C(=O)N(CC[NH+](CC)CC)[C@@H]2c2ccc(F)cc2)cc1. The molecule has 0 aromatic heterocycles. The summed E-state index contributed by atoms with van der Waals surface area (Å²) >= 11 is 0. The van der Waals surface area contributed by atoms with E-state index in [9.17, 15) is 19.1 Å². The van der Waals surface area contributed by atoms with E-state index in [-0.39, 0.29) is 11.3 Å². The molecule has 0 radical (unpaired) electrons. The molecule has 0 unspecified atom stereocenters. The number of likely N-dealkylation sites (N-methyl/N-ethyl adjacent to an activating group) is 1. The maximum atomic E-state index is 13.6. The number of carbonyl (C=O) groups excluding carboxylic acids is 2. The molecule has 0 bridgehead atoms. The average molecular weight is 442 g/mol. The molecule has 2 aromatic rings. The Hall–Kier alpha value is -3.19. The van der Waals surface area contributed by atoms with Crippen LogP contribution in [0.2, 0.25) is 0 Å². The second-order valence-electron chi connectivity index (χ2n) is 7.71. The van der Waals surface area contributed by atoms with E-state index in [2.05, 4.69) is 13.8 Å². The number of amides is 1. The van der Waals surface area contributed by atoms with Gasteiger partial charge in [0.15, 0.2) is 0 Å². The fourth-order valence-corrected chi connectivity index (χ4v) is 4.02. The van der Waals surface area contributed by atoms with Crippen LogP contribution in [0.5, 0.6) is 5.75 Å². The zero-order chi connectivity index (χ0) is 23.3. The van der Waals surface area contributed by atoms with E-state index < -0.39 is 23.5 Å². The van der Waals surface area contributed by atoms with E-state index in [1.165, 1.54) is 21.9 Å². The smallest absolute Gasteiger partial charge is 0.295 e. The number of hydrogen-bond donors (Lipinski definition) is 2. The molecule has 1 aliphatic heterocycles. The van der Waals surface area contributed by atoms with Crippen LogP contribution in [0.3, 0.4) is 0 Å². The van der Waals surface area contributed by atoms with Crippen LogP contribution in [0.25, 0.3) is 5.76 Å². The average Bonchev–Trinajstić information content (AvgIpc) is 3.05. The van der Waals surface area contributed by atoms with Crippen LogP contribution in [-0.4, -0.2) is 54.5 Å².